The van der Waals surface area contributed by atoms with Crippen molar-refractivity contribution in [1.29, 1.82) is 0 Å². The minimum atomic E-state index is -4.40. The molecular formula is C14H12ClF3N4. The number of benzene rings is 1. The van der Waals surface area contributed by atoms with E-state index < -0.39 is 11.7 Å². The molecule has 8 heteroatoms. The first-order chi connectivity index (χ1) is 10.3. The first-order valence-corrected chi connectivity index (χ1v) is 6.94. The van der Waals surface area contributed by atoms with E-state index in [2.05, 4.69) is 9.97 Å². The van der Waals surface area contributed by atoms with E-state index in [4.69, 9.17) is 17.3 Å². The van der Waals surface area contributed by atoms with E-state index in [1.54, 1.807) is 6.20 Å². The van der Waals surface area contributed by atoms with Crippen molar-refractivity contribution in [2.75, 3.05) is 17.2 Å². The lowest BCUT2D eigenvalue weighted by Crippen LogP contribution is -2.31. The molecule has 1 aromatic heterocycles. The number of rotatable bonds is 1. The minimum absolute atomic E-state index is 0.0784. The molecule has 0 radical (unpaired) electrons. The van der Waals surface area contributed by atoms with Crippen LogP contribution >= 0.6 is 11.6 Å². The molecule has 2 N–H and O–H groups in total. The molecule has 1 aromatic carbocycles. The highest BCUT2D eigenvalue weighted by atomic mass is 35.5. The summed E-state index contributed by atoms with van der Waals surface area (Å²) in [6, 6.07) is 3.39. The predicted octanol–water partition coefficient (Wildman–Crippen LogP) is 3.29. The zero-order chi connectivity index (χ0) is 15.9. The number of alkyl halides is 3. The van der Waals surface area contributed by atoms with Crippen molar-refractivity contribution in [3.8, 4) is 0 Å². The Bertz CT molecular complexity index is 718. The van der Waals surface area contributed by atoms with Gasteiger partial charge in [0.25, 0.3) is 0 Å². The second-order valence-corrected chi connectivity index (χ2v) is 5.44. The van der Waals surface area contributed by atoms with E-state index in [-0.39, 0.29) is 11.0 Å². The van der Waals surface area contributed by atoms with E-state index in [1.807, 2.05) is 4.90 Å². The van der Waals surface area contributed by atoms with Crippen LogP contribution in [0.4, 0.5) is 24.8 Å². The molecule has 116 valence electrons. The molecule has 0 saturated heterocycles. The fourth-order valence-corrected chi connectivity index (χ4v) is 2.78. The number of hydrogen-bond acceptors (Lipinski definition) is 4. The number of nitrogens with zero attached hydrogens (tertiary/aromatic N) is 3. The van der Waals surface area contributed by atoms with Crippen LogP contribution in [-0.2, 0) is 19.1 Å². The fraction of sp³-hybridized carbons (Fsp3) is 0.286. The smallest absolute Gasteiger partial charge is 0.368 e. The van der Waals surface area contributed by atoms with Gasteiger partial charge < -0.3 is 10.6 Å². The third-order valence-electron chi connectivity index (χ3n) is 3.57. The molecule has 0 unspecified atom stereocenters. The molecule has 0 spiro atoms. The van der Waals surface area contributed by atoms with E-state index >= 15 is 0 Å². The summed E-state index contributed by atoms with van der Waals surface area (Å²) in [7, 11) is 0. The van der Waals surface area contributed by atoms with Crippen LogP contribution in [0.15, 0.2) is 24.4 Å². The van der Waals surface area contributed by atoms with Gasteiger partial charge in [-0.05, 0) is 18.2 Å². The van der Waals surface area contributed by atoms with Gasteiger partial charge in [0.05, 0.1) is 22.0 Å². The highest BCUT2D eigenvalue weighted by Crippen LogP contribution is 2.36. The Morgan fingerprint density at radius 3 is 2.73 bits per heavy atom. The Kier molecular flexibility index (Phi) is 3.60. The van der Waals surface area contributed by atoms with Gasteiger partial charge in [-0.2, -0.15) is 13.2 Å². The maximum Gasteiger partial charge on any atom is 0.416 e. The number of nitrogens with two attached hydrogens (primary N) is 1. The first kappa shape index (κ1) is 14.9. The molecule has 1 aliphatic rings. The summed E-state index contributed by atoms with van der Waals surface area (Å²) in [5.74, 6) is 0.222. The van der Waals surface area contributed by atoms with Gasteiger partial charge in [-0.1, -0.05) is 11.6 Å². The van der Waals surface area contributed by atoms with Crippen molar-refractivity contribution in [3.05, 3.63) is 46.2 Å². The van der Waals surface area contributed by atoms with Gasteiger partial charge in [0.1, 0.15) is 0 Å². The van der Waals surface area contributed by atoms with Crippen LogP contribution in [-0.4, -0.2) is 16.5 Å². The number of anilines is 2. The highest BCUT2D eigenvalue weighted by molar-refractivity contribution is 6.33. The summed E-state index contributed by atoms with van der Waals surface area (Å²) in [5.41, 5.74) is 7.12. The van der Waals surface area contributed by atoms with Crippen molar-refractivity contribution in [3.63, 3.8) is 0 Å². The van der Waals surface area contributed by atoms with Gasteiger partial charge in [-0.25, -0.2) is 9.97 Å². The summed E-state index contributed by atoms with van der Waals surface area (Å²) in [4.78, 5) is 10.0. The van der Waals surface area contributed by atoms with Crippen molar-refractivity contribution in [2.45, 2.75) is 19.1 Å². The molecule has 2 aromatic rings. The molecule has 1 aliphatic heterocycles. The quantitative estimate of drug-likeness (QED) is 0.872. The lowest BCUT2D eigenvalue weighted by molar-refractivity contribution is -0.137. The second-order valence-electron chi connectivity index (χ2n) is 5.04. The molecule has 3 rings (SSSR count). The van der Waals surface area contributed by atoms with Crippen LogP contribution in [0.1, 0.15) is 16.8 Å². The van der Waals surface area contributed by atoms with Crippen LogP contribution in [0.25, 0.3) is 0 Å². The van der Waals surface area contributed by atoms with E-state index in [1.165, 1.54) is 6.07 Å². The zero-order valence-corrected chi connectivity index (χ0v) is 12.1. The van der Waals surface area contributed by atoms with E-state index in [9.17, 15) is 13.2 Å². The topological polar surface area (TPSA) is 55.0 Å². The Labute approximate surface area is 129 Å². The third kappa shape index (κ3) is 2.81. The average molecular weight is 329 g/mol. The van der Waals surface area contributed by atoms with Gasteiger partial charge in [0.15, 0.2) is 0 Å². The number of hydrogen-bond donors (Lipinski definition) is 1. The zero-order valence-electron chi connectivity index (χ0n) is 11.4. The van der Waals surface area contributed by atoms with Gasteiger partial charge in [0, 0.05) is 31.3 Å². The van der Waals surface area contributed by atoms with E-state index in [0.29, 0.717) is 25.2 Å². The second kappa shape index (κ2) is 5.31. The van der Waals surface area contributed by atoms with Crippen molar-refractivity contribution >= 4 is 23.2 Å². The van der Waals surface area contributed by atoms with Crippen molar-refractivity contribution < 1.29 is 13.2 Å². The van der Waals surface area contributed by atoms with Gasteiger partial charge in [-0.3, -0.25) is 0 Å². The first-order valence-electron chi connectivity index (χ1n) is 6.56. The molecule has 0 fully saturated rings. The largest absolute Gasteiger partial charge is 0.416 e. The average Bonchev–Trinajstić information content (AvgIpc) is 2.45. The predicted molar refractivity (Wildman–Crippen MR) is 77.7 cm³/mol. The Hall–Kier alpha value is -2.02. The Morgan fingerprint density at radius 1 is 1.27 bits per heavy atom. The normalized spacial score (nSPS) is 14.8. The van der Waals surface area contributed by atoms with Gasteiger partial charge in [0.2, 0.25) is 5.95 Å². The SMILES string of the molecule is Nc1ncc2c(n1)CCN(c1ccc(C(F)(F)F)cc1Cl)C2. The Morgan fingerprint density at radius 2 is 2.05 bits per heavy atom. The van der Waals surface area contributed by atoms with Crippen LogP contribution in [0.3, 0.4) is 0 Å². The summed E-state index contributed by atoms with van der Waals surface area (Å²) >= 11 is 6.03. The molecule has 0 atom stereocenters. The number of aromatic nitrogens is 2. The molecule has 2 heterocycles. The lowest BCUT2D eigenvalue weighted by Gasteiger charge is -2.30. The van der Waals surface area contributed by atoms with Crippen LogP contribution in [0.5, 0.6) is 0 Å². The van der Waals surface area contributed by atoms with Crippen LogP contribution in [0, 0.1) is 0 Å². The molecule has 0 amide bonds. The highest BCUT2D eigenvalue weighted by Gasteiger charge is 2.31. The summed E-state index contributed by atoms with van der Waals surface area (Å²) < 4.78 is 38.0. The molecule has 0 bridgehead atoms. The van der Waals surface area contributed by atoms with E-state index in [0.717, 1.165) is 23.4 Å². The Balaban J connectivity index is 1.88. The summed E-state index contributed by atoms with van der Waals surface area (Å²) in [6.45, 7) is 1.09. The number of fused-ring (bicyclic) bond motifs is 1. The van der Waals surface area contributed by atoms with Crippen molar-refractivity contribution in [1.82, 2.24) is 9.97 Å². The molecule has 22 heavy (non-hydrogen) atoms. The summed E-state index contributed by atoms with van der Waals surface area (Å²) in [5, 5.41) is 0.0784. The third-order valence-corrected chi connectivity index (χ3v) is 3.87. The maximum absolute atomic E-state index is 12.7. The van der Waals surface area contributed by atoms with Crippen molar-refractivity contribution in [2.24, 2.45) is 0 Å². The molecule has 0 saturated carbocycles. The lowest BCUT2D eigenvalue weighted by atomic mass is 10.1. The molecular weight excluding hydrogens is 317 g/mol. The molecule has 0 aliphatic carbocycles. The van der Waals surface area contributed by atoms with Crippen LogP contribution < -0.4 is 10.6 Å². The van der Waals surface area contributed by atoms with Crippen LogP contribution in [0.2, 0.25) is 5.02 Å². The standard InChI is InChI=1S/C14H12ClF3N4/c15-10-5-9(14(16,17)18)1-2-12(10)22-4-3-11-8(7-22)6-20-13(19)21-11/h1-2,5-6H,3-4,7H2,(H2,19,20,21). The summed E-state index contributed by atoms with van der Waals surface area (Å²) in [6.07, 6.45) is -2.12. The van der Waals surface area contributed by atoms with Gasteiger partial charge >= 0.3 is 6.18 Å². The van der Waals surface area contributed by atoms with Gasteiger partial charge in [-0.15, -0.1) is 0 Å². The maximum atomic E-state index is 12.7. The molecule has 4 nitrogen and oxygen atoms in total. The number of halogens is 4. The minimum Gasteiger partial charge on any atom is -0.368 e. The fourth-order valence-electron chi connectivity index (χ4n) is 2.48. The monoisotopic (exact) mass is 328 g/mol. The number of nitrogen functional groups attached to an aromatic ring is 1.